The number of nitrogens with one attached hydrogen (secondary N) is 2. The molecule has 0 fully saturated rings. The van der Waals surface area contributed by atoms with Gasteiger partial charge in [0.25, 0.3) is 5.91 Å². The second-order valence-electron chi connectivity index (χ2n) is 7.03. The van der Waals surface area contributed by atoms with Gasteiger partial charge in [-0.25, -0.2) is 0 Å². The van der Waals surface area contributed by atoms with E-state index in [1.807, 2.05) is 61.5 Å². The van der Waals surface area contributed by atoms with E-state index in [1.165, 1.54) is 5.56 Å². The molecule has 0 heterocycles. The number of carbonyl (C=O) groups is 2. The van der Waals surface area contributed by atoms with E-state index in [1.54, 1.807) is 24.3 Å². The normalized spacial score (nSPS) is 10.3. The third-order valence-electron chi connectivity index (χ3n) is 4.58. The molecule has 2 N–H and O–H groups in total. The molecule has 0 aliphatic rings. The fourth-order valence-corrected chi connectivity index (χ4v) is 2.93. The number of benzene rings is 3. The van der Waals surface area contributed by atoms with Crippen LogP contribution in [0.15, 0.2) is 78.9 Å². The van der Waals surface area contributed by atoms with Crippen LogP contribution in [0.25, 0.3) is 0 Å². The van der Waals surface area contributed by atoms with Gasteiger partial charge in [-0.05, 0) is 43.2 Å². The lowest BCUT2D eigenvalue weighted by Crippen LogP contribution is -2.24. The van der Waals surface area contributed by atoms with E-state index in [2.05, 4.69) is 10.6 Å². The fraction of sp³-hybridized carbons (Fsp3) is 0.200. The molecular formula is C25H26N2O3. The highest BCUT2D eigenvalue weighted by Crippen LogP contribution is 2.16. The highest BCUT2D eigenvalue weighted by Gasteiger charge is 2.13. The van der Waals surface area contributed by atoms with Gasteiger partial charge in [0.2, 0.25) is 5.91 Å². The lowest BCUT2D eigenvalue weighted by Gasteiger charge is -2.12. The summed E-state index contributed by atoms with van der Waals surface area (Å²) in [6, 6.07) is 24.5. The number of hydrogen-bond acceptors (Lipinski definition) is 3. The van der Waals surface area contributed by atoms with Crippen LogP contribution < -0.4 is 15.4 Å². The van der Waals surface area contributed by atoms with Crippen LogP contribution in [-0.2, 0) is 11.3 Å². The van der Waals surface area contributed by atoms with Crippen molar-refractivity contribution in [1.29, 1.82) is 0 Å². The number of anilines is 1. The summed E-state index contributed by atoms with van der Waals surface area (Å²) in [7, 11) is 0. The summed E-state index contributed by atoms with van der Waals surface area (Å²) >= 11 is 0. The topological polar surface area (TPSA) is 67.4 Å². The maximum absolute atomic E-state index is 12.6. The monoisotopic (exact) mass is 402 g/mol. The summed E-state index contributed by atoms with van der Waals surface area (Å²) < 4.78 is 5.65. The Balaban J connectivity index is 1.47. The van der Waals surface area contributed by atoms with Crippen molar-refractivity contribution in [2.24, 2.45) is 0 Å². The van der Waals surface area contributed by atoms with Gasteiger partial charge in [0.05, 0.1) is 17.9 Å². The molecule has 0 saturated heterocycles. The highest BCUT2D eigenvalue weighted by atomic mass is 16.5. The smallest absolute Gasteiger partial charge is 0.253 e. The minimum atomic E-state index is -0.225. The minimum Gasteiger partial charge on any atom is -0.494 e. The third-order valence-corrected chi connectivity index (χ3v) is 4.58. The predicted octanol–water partition coefficient (Wildman–Crippen LogP) is 4.72. The van der Waals surface area contributed by atoms with Crippen LogP contribution in [0, 0.1) is 6.92 Å². The van der Waals surface area contributed by atoms with E-state index < -0.39 is 0 Å². The van der Waals surface area contributed by atoms with E-state index in [-0.39, 0.29) is 11.8 Å². The average molecular weight is 402 g/mol. The Morgan fingerprint density at radius 1 is 0.867 bits per heavy atom. The van der Waals surface area contributed by atoms with Crippen LogP contribution in [0.1, 0.15) is 34.3 Å². The number of ether oxygens (including phenoxy) is 1. The molecule has 0 radical (unpaired) electrons. The third kappa shape index (κ3) is 6.48. The van der Waals surface area contributed by atoms with Gasteiger partial charge < -0.3 is 15.4 Å². The van der Waals surface area contributed by atoms with Gasteiger partial charge in [0, 0.05) is 13.0 Å². The van der Waals surface area contributed by atoms with Crippen LogP contribution in [0.2, 0.25) is 0 Å². The largest absolute Gasteiger partial charge is 0.494 e. The van der Waals surface area contributed by atoms with Crippen LogP contribution in [0.5, 0.6) is 5.75 Å². The van der Waals surface area contributed by atoms with Crippen molar-refractivity contribution in [1.82, 2.24) is 5.32 Å². The minimum absolute atomic E-state index is 0.147. The maximum atomic E-state index is 12.6. The zero-order valence-electron chi connectivity index (χ0n) is 17.1. The van der Waals surface area contributed by atoms with Crippen molar-refractivity contribution in [2.75, 3.05) is 11.9 Å². The van der Waals surface area contributed by atoms with E-state index in [9.17, 15) is 9.59 Å². The molecule has 0 spiro atoms. The van der Waals surface area contributed by atoms with Crippen molar-refractivity contribution in [3.8, 4) is 5.75 Å². The van der Waals surface area contributed by atoms with Gasteiger partial charge in [0.1, 0.15) is 5.75 Å². The summed E-state index contributed by atoms with van der Waals surface area (Å²) in [6.45, 7) is 2.90. The highest BCUT2D eigenvalue weighted by molar-refractivity contribution is 6.03. The molecule has 0 aliphatic heterocycles. The molecule has 30 heavy (non-hydrogen) atoms. The van der Waals surface area contributed by atoms with Gasteiger partial charge in [-0.15, -0.1) is 0 Å². The quantitative estimate of drug-likeness (QED) is 0.509. The Morgan fingerprint density at radius 2 is 1.57 bits per heavy atom. The second-order valence-corrected chi connectivity index (χ2v) is 7.03. The lowest BCUT2D eigenvalue weighted by molar-refractivity contribution is -0.116. The zero-order chi connectivity index (χ0) is 21.2. The number of para-hydroxylation sites is 1. The van der Waals surface area contributed by atoms with Crippen molar-refractivity contribution in [2.45, 2.75) is 26.3 Å². The Kier molecular flexibility index (Phi) is 7.61. The molecule has 0 atom stereocenters. The molecule has 0 aliphatic carbocycles. The molecule has 2 amide bonds. The molecular weight excluding hydrogens is 376 g/mol. The van der Waals surface area contributed by atoms with Gasteiger partial charge >= 0.3 is 0 Å². The number of carbonyl (C=O) groups excluding carboxylic acids is 2. The molecule has 0 bridgehead atoms. The summed E-state index contributed by atoms with van der Waals surface area (Å²) in [5, 5.41) is 5.73. The summed E-state index contributed by atoms with van der Waals surface area (Å²) in [5.74, 6) is 0.421. The Hall–Kier alpha value is -3.60. The van der Waals surface area contributed by atoms with Crippen LogP contribution in [-0.4, -0.2) is 18.4 Å². The average Bonchev–Trinajstić information content (AvgIpc) is 2.77. The molecule has 5 nitrogen and oxygen atoms in total. The van der Waals surface area contributed by atoms with Crippen LogP contribution >= 0.6 is 0 Å². The molecule has 0 aromatic heterocycles. The van der Waals surface area contributed by atoms with E-state index >= 15 is 0 Å². The van der Waals surface area contributed by atoms with Gasteiger partial charge in [0.15, 0.2) is 0 Å². The first-order chi connectivity index (χ1) is 14.6. The SMILES string of the molecule is Cc1ccc(OCCCC(=O)Nc2ccccc2C(=O)NCc2ccccc2)cc1. The fourth-order valence-electron chi connectivity index (χ4n) is 2.93. The molecule has 3 aromatic rings. The Morgan fingerprint density at radius 3 is 2.33 bits per heavy atom. The summed E-state index contributed by atoms with van der Waals surface area (Å²) in [6.07, 6.45) is 0.897. The van der Waals surface area contributed by atoms with Crippen molar-refractivity contribution in [3.05, 3.63) is 95.6 Å². The zero-order valence-corrected chi connectivity index (χ0v) is 17.1. The van der Waals surface area contributed by atoms with Crippen molar-refractivity contribution >= 4 is 17.5 Å². The number of amides is 2. The molecule has 5 heteroatoms. The van der Waals surface area contributed by atoms with Gasteiger partial charge in [-0.1, -0.05) is 60.2 Å². The summed E-state index contributed by atoms with van der Waals surface area (Å²) in [5.41, 5.74) is 3.14. The van der Waals surface area contributed by atoms with E-state index in [0.717, 1.165) is 11.3 Å². The first-order valence-corrected chi connectivity index (χ1v) is 10.0. The first-order valence-electron chi connectivity index (χ1n) is 10.0. The lowest BCUT2D eigenvalue weighted by atomic mass is 10.1. The van der Waals surface area contributed by atoms with Crippen LogP contribution in [0.4, 0.5) is 5.69 Å². The number of rotatable bonds is 9. The van der Waals surface area contributed by atoms with Crippen molar-refractivity contribution in [3.63, 3.8) is 0 Å². The standard InChI is InChI=1S/C25H26N2O3/c1-19-13-15-21(16-14-19)30-17-7-12-24(28)27-23-11-6-5-10-22(23)25(29)26-18-20-8-3-2-4-9-20/h2-6,8-11,13-16H,7,12,17-18H2,1H3,(H,26,29)(H,27,28). The molecule has 0 saturated carbocycles. The molecule has 0 unspecified atom stereocenters. The van der Waals surface area contributed by atoms with Crippen LogP contribution in [0.3, 0.4) is 0 Å². The first kappa shape index (κ1) is 21.1. The van der Waals surface area contributed by atoms with Gasteiger partial charge in [-0.3, -0.25) is 9.59 Å². The van der Waals surface area contributed by atoms with E-state index in [0.29, 0.717) is 37.2 Å². The van der Waals surface area contributed by atoms with Gasteiger partial charge in [-0.2, -0.15) is 0 Å². The molecule has 3 rings (SSSR count). The van der Waals surface area contributed by atoms with E-state index in [4.69, 9.17) is 4.74 Å². The Bertz CT molecular complexity index is 969. The Labute approximate surface area is 177 Å². The van der Waals surface area contributed by atoms with Crippen molar-refractivity contribution < 1.29 is 14.3 Å². The molecule has 3 aromatic carbocycles. The predicted molar refractivity (Wildman–Crippen MR) is 119 cm³/mol. The maximum Gasteiger partial charge on any atom is 0.253 e. The summed E-state index contributed by atoms with van der Waals surface area (Å²) in [4.78, 5) is 24.9. The number of hydrogen-bond donors (Lipinski definition) is 2. The number of aryl methyl sites for hydroxylation is 1. The second kappa shape index (κ2) is 10.8. The molecule has 154 valence electrons.